The third-order valence-corrected chi connectivity index (χ3v) is 4.59. The fourth-order valence-electron chi connectivity index (χ4n) is 3.05. The maximum absolute atomic E-state index is 6.12. The Labute approximate surface area is 106 Å². The van der Waals surface area contributed by atoms with Crippen molar-refractivity contribution in [3.05, 3.63) is 16.6 Å². The van der Waals surface area contributed by atoms with E-state index in [4.69, 9.17) is 5.73 Å². The Hall–Kier alpha value is -0.160. The molecule has 2 N–H and O–H groups in total. The van der Waals surface area contributed by atoms with Gasteiger partial charge in [0.1, 0.15) is 5.01 Å². The molecule has 0 aromatic carbocycles. The molecule has 3 nitrogen and oxygen atoms in total. The number of aromatic nitrogens is 1. The van der Waals surface area contributed by atoms with Gasteiger partial charge in [-0.15, -0.1) is 23.7 Å². The van der Waals surface area contributed by atoms with Gasteiger partial charge >= 0.3 is 0 Å². The maximum atomic E-state index is 6.12. The number of halogens is 1. The van der Waals surface area contributed by atoms with Gasteiger partial charge in [-0.05, 0) is 24.7 Å². The summed E-state index contributed by atoms with van der Waals surface area (Å²) in [7, 11) is 0. The highest BCUT2D eigenvalue weighted by molar-refractivity contribution is 7.09. The molecular weight excluding hydrogens is 242 g/mol. The number of nitrogens with two attached hydrogens (primary N) is 1. The van der Waals surface area contributed by atoms with Crippen LogP contribution < -0.4 is 5.73 Å². The molecule has 3 rings (SSSR count). The van der Waals surface area contributed by atoms with E-state index >= 15 is 0 Å². The number of thiazole rings is 1. The molecule has 0 spiro atoms. The van der Waals surface area contributed by atoms with Crippen molar-refractivity contribution in [3.63, 3.8) is 0 Å². The van der Waals surface area contributed by atoms with Crippen LogP contribution in [0.3, 0.4) is 0 Å². The van der Waals surface area contributed by atoms with Crippen molar-refractivity contribution in [2.45, 2.75) is 25.4 Å². The first-order valence-corrected chi connectivity index (χ1v) is 6.57. The SMILES string of the molecule is Cl.NC1CCC2CN(Cc3nccs3)CC12. The summed E-state index contributed by atoms with van der Waals surface area (Å²) in [6, 6.07) is 0.455. The number of rotatable bonds is 2. The molecule has 0 amide bonds. The van der Waals surface area contributed by atoms with Crippen LogP contribution in [0.2, 0.25) is 0 Å². The smallest absolute Gasteiger partial charge is 0.107 e. The van der Waals surface area contributed by atoms with E-state index in [1.807, 2.05) is 6.20 Å². The highest BCUT2D eigenvalue weighted by atomic mass is 35.5. The van der Waals surface area contributed by atoms with Gasteiger partial charge in [-0.1, -0.05) is 0 Å². The van der Waals surface area contributed by atoms with Crippen molar-refractivity contribution in [2.75, 3.05) is 13.1 Å². The molecule has 90 valence electrons. The average molecular weight is 260 g/mol. The van der Waals surface area contributed by atoms with Crippen LogP contribution in [0.4, 0.5) is 0 Å². The molecule has 1 aliphatic heterocycles. The van der Waals surface area contributed by atoms with E-state index in [2.05, 4.69) is 15.3 Å². The molecule has 2 aliphatic rings. The molecule has 1 aliphatic carbocycles. The molecule has 1 aromatic heterocycles. The molecule has 3 unspecified atom stereocenters. The van der Waals surface area contributed by atoms with Gasteiger partial charge in [0, 0.05) is 30.7 Å². The fraction of sp³-hybridized carbons (Fsp3) is 0.727. The standard InChI is InChI=1S/C11H17N3S.ClH/c12-10-2-1-8-5-14(6-9(8)10)7-11-13-3-4-15-11;/h3-4,8-10H,1-2,5-7,12H2;1H. The average Bonchev–Trinajstić information content (AvgIpc) is 2.88. The Balaban J connectivity index is 0.000000963. The minimum atomic E-state index is 0. The summed E-state index contributed by atoms with van der Waals surface area (Å²) in [4.78, 5) is 6.86. The Kier molecular flexibility index (Phi) is 3.85. The Bertz CT molecular complexity index is 330. The second-order valence-corrected chi connectivity index (χ2v) is 5.76. The summed E-state index contributed by atoms with van der Waals surface area (Å²) in [5.74, 6) is 1.62. The highest BCUT2D eigenvalue weighted by Crippen LogP contribution is 2.37. The monoisotopic (exact) mass is 259 g/mol. The van der Waals surface area contributed by atoms with Crippen LogP contribution in [-0.2, 0) is 6.54 Å². The first-order valence-electron chi connectivity index (χ1n) is 5.69. The van der Waals surface area contributed by atoms with E-state index in [-0.39, 0.29) is 12.4 Å². The van der Waals surface area contributed by atoms with Gasteiger partial charge in [0.05, 0.1) is 6.54 Å². The molecular formula is C11H18ClN3S. The van der Waals surface area contributed by atoms with Gasteiger partial charge in [0.2, 0.25) is 0 Å². The summed E-state index contributed by atoms with van der Waals surface area (Å²) in [6.45, 7) is 3.45. The van der Waals surface area contributed by atoms with Crippen LogP contribution in [0.5, 0.6) is 0 Å². The minimum Gasteiger partial charge on any atom is -0.327 e. The largest absolute Gasteiger partial charge is 0.327 e. The summed E-state index contributed by atoms with van der Waals surface area (Å²) in [6.07, 6.45) is 4.46. The number of fused-ring (bicyclic) bond motifs is 1. The van der Waals surface area contributed by atoms with Crippen LogP contribution in [0.15, 0.2) is 11.6 Å². The van der Waals surface area contributed by atoms with Crippen LogP contribution in [0, 0.1) is 11.8 Å². The van der Waals surface area contributed by atoms with Crippen molar-refractivity contribution in [1.29, 1.82) is 0 Å². The molecule has 16 heavy (non-hydrogen) atoms. The number of hydrogen-bond acceptors (Lipinski definition) is 4. The molecule has 2 heterocycles. The zero-order valence-corrected chi connectivity index (χ0v) is 10.8. The molecule has 0 bridgehead atoms. The lowest BCUT2D eigenvalue weighted by Gasteiger charge is -2.16. The zero-order valence-electron chi connectivity index (χ0n) is 9.21. The topological polar surface area (TPSA) is 42.1 Å². The Morgan fingerprint density at radius 1 is 1.44 bits per heavy atom. The predicted molar refractivity (Wildman–Crippen MR) is 68.8 cm³/mol. The summed E-state index contributed by atoms with van der Waals surface area (Å²) in [5, 5.41) is 3.29. The van der Waals surface area contributed by atoms with Crippen LogP contribution >= 0.6 is 23.7 Å². The number of likely N-dealkylation sites (tertiary alicyclic amines) is 1. The lowest BCUT2D eigenvalue weighted by Crippen LogP contribution is -2.30. The van der Waals surface area contributed by atoms with Crippen LogP contribution in [0.1, 0.15) is 17.8 Å². The lowest BCUT2D eigenvalue weighted by atomic mass is 9.98. The maximum Gasteiger partial charge on any atom is 0.107 e. The summed E-state index contributed by atoms with van der Waals surface area (Å²) >= 11 is 1.75. The first kappa shape index (κ1) is 12.3. The second kappa shape index (κ2) is 5.00. The van der Waals surface area contributed by atoms with E-state index in [1.54, 1.807) is 11.3 Å². The molecule has 1 saturated heterocycles. The molecule has 1 saturated carbocycles. The van der Waals surface area contributed by atoms with Gasteiger partial charge in [-0.2, -0.15) is 0 Å². The molecule has 2 fully saturated rings. The number of nitrogens with zero attached hydrogens (tertiary/aromatic N) is 2. The van der Waals surface area contributed by atoms with Gasteiger partial charge in [0.15, 0.2) is 0 Å². The zero-order chi connectivity index (χ0) is 10.3. The van der Waals surface area contributed by atoms with E-state index in [0.717, 1.165) is 18.4 Å². The van der Waals surface area contributed by atoms with Crippen molar-refractivity contribution in [1.82, 2.24) is 9.88 Å². The van der Waals surface area contributed by atoms with Gasteiger partial charge in [-0.3, -0.25) is 4.90 Å². The van der Waals surface area contributed by atoms with E-state index in [0.29, 0.717) is 6.04 Å². The van der Waals surface area contributed by atoms with Crippen molar-refractivity contribution >= 4 is 23.7 Å². The molecule has 1 aromatic rings. The van der Waals surface area contributed by atoms with Gasteiger partial charge in [0.25, 0.3) is 0 Å². The Morgan fingerprint density at radius 3 is 3.00 bits per heavy atom. The second-order valence-electron chi connectivity index (χ2n) is 4.79. The van der Waals surface area contributed by atoms with Crippen molar-refractivity contribution in [3.8, 4) is 0 Å². The van der Waals surface area contributed by atoms with E-state index in [1.165, 1.54) is 30.9 Å². The Morgan fingerprint density at radius 2 is 2.31 bits per heavy atom. The first-order chi connectivity index (χ1) is 7.33. The molecule has 5 heteroatoms. The fourth-order valence-corrected chi connectivity index (χ4v) is 3.71. The normalized spacial score (nSPS) is 33.7. The van der Waals surface area contributed by atoms with Crippen LogP contribution in [-0.4, -0.2) is 29.0 Å². The van der Waals surface area contributed by atoms with E-state index < -0.39 is 0 Å². The van der Waals surface area contributed by atoms with Crippen molar-refractivity contribution in [2.24, 2.45) is 17.6 Å². The third kappa shape index (κ3) is 2.25. The third-order valence-electron chi connectivity index (χ3n) is 3.83. The van der Waals surface area contributed by atoms with Gasteiger partial charge in [-0.25, -0.2) is 4.98 Å². The highest BCUT2D eigenvalue weighted by Gasteiger charge is 2.40. The quantitative estimate of drug-likeness (QED) is 0.880. The van der Waals surface area contributed by atoms with Crippen LogP contribution in [0.25, 0.3) is 0 Å². The number of hydrogen-bond donors (Lipinski definition) is 1. The molecule has 0 radical (unpaired) electrons. The lowest BCUT2D eigenvalue weighted by molar-refractivity contribution is 0.298. The molecule has 3 atom stereocenters. The van der Waals surface area contributed by atoms with E-state index in [9.17, 15) is 0 Å². The summed E-state index contributed by atoms with van der Waals surface area (Å²) in [5.41, 5.74) is 6.12. The minimum absolute atomic E-state index is 0. The van der Waals surface area contributed by atoms with Crippen molar-refractivity contribution < 1.29 is 0 Å². The summed E-state index contributed by atoms with van der Waals surface area (Å²) < 4.78 is 0. The predicted octanol–water partition coefficient (Wildman–Crippen LogP) is 1.73. The van der Waals surface area contributed by atoms with Gasteiger partial charge < -0.3 is 5.73 Å².